The number of methoxy groups -OCH3 is 1. The maximum Gasteiger partial charge on any atom is 0.223 e. The van der Waals surface area contributed by atoms with Crippen molar-refractivity contribution in [2.24, 2.45) is 21.5 Å². The number of benzene rings is 1. The lowest BCUT2D eigenvalue weighted by Crippen LogP contribution is -2.41. The van der Waals surface area contributed by atoms with Gasteiger partial charge in [-0.1, -0.05) is 0 Å². The van der Waals surface area contributed by atoms with E-state index in [4.69, 9.17) is 16.2 Å². The van der Waals surface area contributed by atoms with Crippen molar-refractivity contribution in [2.45, 2.75) is 19.3 Å². The predicted octanol–water partition coefficient (Wildman–Crippen LogP) is 1.86. The lowest BCUT2D eigenvalue weighted by atomic mass is 10.1. The van der Waals surface area contributed by atoms with Gasteiger partial charge in [-0.15, -0.1) is 12.4 Å². The Balaban J connectivity index is 0.00000220. The largest absolute Gasteiger partial charge is 0.497 e. The van der Waals surface area contributed by atoms with Gasteiger partial charge in [0.25, 0.3) is 0 Å². The molecule has 1 aliphatic rings. The first-order chi connectivity index (χ1) is 9.69. The highest BCUT2D eigenvalue weighted by molar-refractivity contribution is 5.94. The summed E-state index contributed by atoms with van der Waals surface area (Å²) in [7, 11) is 1.62. The molecular formula is C14H22ClN5O. The van der Waals surface area contributed by atoms with Crippen LogP contribution in [0.1, 0.15) is 19.3 Å². The van der Waals surface area contributed by atoms with Crippen LogP contribution in [0, 0.1) is 0 Å². The van der Waals surface area contributed by atoms with Crippen molar-refractivity contribution < 1.29 is 4.74 Å². The Labute approximate surface area is 131 Å². The topological polar surface area (TPSA) is 89.2 Å². The fraction of sp³-hybridized carbons (Fsp3) is 0.429. The zero-order chi connectivity index (χ0) is 14.4. The standard InChI is InChI=1S/C14H21N5O.ClH/c1-20-12-7-5-11(6-8-12)17-13(15)18-14(16)19-9-3-2-4-10-19;/h5-8H,2-4,9-10H2,1H3,(H4,15,16,17,18);1H. The minimum Gasteiger partial charge on any atom is -0.497 e. The van der Waals surface area contributed by atoms with Crippen LogP contribution in [0.25, 0.3) is 0 Å². The van der Waals surface area contributed by atoms with Crippen LogP contribution in [0.5, 0.6) is 5.75 Å². The van der Waals surface area contributed by atoms with E-state index in [2.05, 4.69) is 9.98 Å². The molecule has 1 aromatic rings. The van der Waals surface area contributed by atoms with Gasteiger partial charge in [0.15, 0.2) is 5.96 Å². The van der Waals surface area contributed by atoms with Gasteiger partial charge < -0.3 is 21.1 Å². The van der Waals surface area contributed by atoms with E-state index in [1.807, 2.05) is 29.2 Å². The molecule has 0 bridgehead atoms. The van der Waals surface area contributed by atoms with Gasteiger partial charge in [0.2, 0.25) is 5.96 Å². The molecule has 0 atom stereocenters. The Morgan fingerprint density at radius 2 is 1.71 bits per heavy atom. The molecule has 0 aliphatic carbocycles. The summed E-state index contributed by atoms with van der Waals surface area (Å²) in [5, 5.41) is 0. The van der Waals surface area contributed by atoms with E-state index in [1.54, 1.807) is 7.11 Å². The molecule has 1 saturated heterocycles. The molecule has 1 aliphatic heterocycles. The van der Waals surface area contributed by atoms with Crippen molar-refractivity contribution in [3.05, 3.63) is 24.3 Å². The van der Waals surface area contributed by atoms with Crippen LogP contribution in [0.3, 0.4) is 0 Å². The van der Waals surface area contributed by atoms with Gasteiger partial charge >= 0.3 is 0 Å². The molecule has 1 fully saturated rings. The van der Waals surface area contributed by atoms with E-state index in [1.165, 1.54) is 6.42 Å². The van der Waals surface area contributed by atoms with Gasteiger partial charge in [0.1, 0.15) is 5.75 Å². The maximum atomic E-state index is 5.94. The highest BCUT2D eigenvalue weighted by Crippen LogP contribution is 2.17. The van der Waals surface area contributed by atoms with Crippen molar-refractivity contribution >= 4 is 30.0 Å². The van der Waals surface area contributed by atoms with Gasteiger partial charge in [-0.3, -0.25) is 0 Å². The third kappa shape index (κ3) is 5.15. The molecule has 0 spiro atoms. The van der Waals surface area contributed by atoms with Crippen LogP contribution >= 0.6 is 12.4 Å². The van der Waals surface area contributed by atoms with Crippen molar-refractivity contribution in [3.63, 3.8) is 0 Å². The van der Waals surface area contributed by atoms with Crippen molar-refractivity contribution in [1.29, 1.82) is 0 Å². The fourth-order valence-electron chi connectivity index (χ4n) is 2.13. The first kappa shape index (κ1) is 17.1. The van der Waals surface area contributed by atoms with Crippen molar-refractivity contribution in [2.75, 3.05) is 20.2 Å². The molecule has 21 heavy (non-hydrogen) atoms. The van der Waals surface area contributed by atoms with E-state index >= 15 is 0 Å². The smallest absolute Gasteiger partial charge is 0.223 e. The van der Waals surface area contributed by atoms with Crippen LogP contribution in [-0.2, 0) is 0 Å². The monoisotopic (exact) mass is 311 g/mol. The number of aliphatic imine (C=N–C) groups is 2. The third-order valence-corrected chi connectivity index (χ3v) is 3.23. The summed E-state index contributed by atoms with van der Waals surface area (Å²) in [6.45, 7) is 1.87. The van der Waals surface area contributed by atoms with Gasteiger partial charge in [-0.2, -0.15) is 4.99 Å². The zero-order valence-corrected chi connectivity index (χ0v) is 13.0. The minimum absolute atomic E-state index is 0. The van der Waals surface area contributed by atoms with Crippen LogP contribution < -0.4 is 16.2 Å². The van der Waals surface area contributed by atoms with E-state index < -0.39 is 0 Å². The number of rotatable bonds is 2. The molecule has 0 amide bonds. The van der Waals surface area contributed by atoms with Crippen LogP contribution in [0.4, 0.5) is 5.69 Å². The number of likely N-dealkylation sites (tertiary alicyclic amines) is 1. The van der Waals surface area contributed by atoms with Gasteiger partial charge in [-0.05, 0) is 43.5 Å². The van der Waals surface area contributed by atoms with Crippen molar-refractivity contribution in [3.8, 4) is 5.75 Å². The molecule has 1 heterocycles. The highest BCUT2D eigenvalue weighted by Gasteiger charge is 2.12. The number of hydrogen-bond acceptors (Lipinski definition) is 2. The second-order valence-corrected chi connectivity index (χ2v) is 4.69. The predicted molar refractivity (Wildman–Crippen MR) is 88.6 cm³/mol. The van der Waals surface area contributed by atoms with Crippen LogP contribution in [-0.4, -0.2) is 37.0 Å². The van der Waals surface area contributed by atoms with Gasteiger partial charge in [-0.25, -0.2) is 4.99 Å². The first-order valence-electron chi connectivity index (χ1n) is 6.76. The fourth-order valence-corrected chi connectivity index (χ4v) is 2.13. The Morgan fingerprint density at radius 3 is 2.29 bits per heavy atom. The number of ether oxygens (including phenoxy) is 1. The summed E-state index contributed by atoms with van der Waals surface area (Å²) in [5.41, 5.74) is 12.5. The normalized spacial score (nSPS) is 16.3. The second kappa shape index (κ2) is 8.36. The summed E-state index contributed by atoms with van der Waals surface area (Å²) in [6, 6.07) is 7.28. The van der Waals surface area contributed by atoms with Gasteiger partial charge in [0.05, 0.1) is 12.8 Å². The highest BCUT2D eigenvalue weighted by atomic mass is 35.5. The SMILES string of the molecule is COc1ccc(N=C(N)N=C(N)N2CCCCC2)cc1.Cl. The molecule has 4 N–H and O–H groups in total. The lowest BCUT2D eigenvalue weighted by molar-refractivity contribution is 0.339. The maximum absolute atomic E-state index is 5.94. The molecule has 7 heteroatoms. The summed E-state index contributed by atoms with van der Waals surface area (Å²) >= 11 is 0. The van der Waals surface area contributed by atoms with E-state index in [9.17, 15) is 0 Å². The number of hydrogen-bond donors (Lipinski definition) is 2. The zero-order valence-electron chi connectivity index (χ0n) is 12.2. The van der Waals surface area contributed by atoms with E-state index in [0.717, 1.165) is 37.4 Å². The second-order valence-electron chi connectivity index (χ2n) is 4.69. The molecule has 0 aromatic heterocycles. The first-order valence-corrected chi connectivity index (χ1v) is 6.76. The average molecular weight is 312 g/mol. The number of piperidine rings is 1. The van der Waals surface area contributed by atoms with E-state index in [-0.39, 0.29) is 18.4 Å². The number of halogens is 1. The molecule has 0 radical (unpaired) electrons. The molecular weight excluding hydrogens is 290 g/mol. The lowest BCUT2D eigenvalue weighted by Gasteiger charge is -2.27. The molecule has 2 rings (SSSR count). The number of nitrogens with two attached hydrogens (primary N) is 2. The van der Waals surface area contributed by atoms with Crippen LogP contribution in [0.2, 0.25) is 0 Å². The quantitative estimate of drug-likeness (QED) is 0.644. The Kier molecular flexibility index (Phi) is 6.81. The molecule has 1 aromatic carbocycles. The molecule has 6 nitrogen and oxygen atoms in total. The summed E-state index contributed by atoms with van der Waals surface area (Å²) in [4.78, 5) is 10.4. The Bertz CT molecular complexity index is 495. The molecule has 116 valence electrons. The van der Waals surface area contributed by atoms with Crippen LogP contribution in [0.15, 0.2) is 34.3 Å². The van der Waals surface area contributed by atoms with Gasteiger partial charge in [0, 0.05) is 13.1 Å². The summed E-state index contributed by atoms with van der Waals surface area (Å²) in [5.74, 6) is 1.39. The Hall–Kier alpha value is -1.95. The third-order valence-electron chi connectivity index (χ3n) is 3.23. The van der Waals surface area contributed by atoms with Crippen molar-refractivity contribution in [1.82, 2.24) is 4.90 Å². The molecule has 0 saturated carbocycles. The number of nitrogens with zero attached hydrogens (tertiary/aromatic N) is 3. The average Bonchev–Trinajstić information content (AvgIpc) is 2.49. The summed E-state index contributed by atoms with van der Waals surface area (Å²) < 4.78 is 5.08. The number of guanidine groups is 2. The minimum atomic E-state index is 0. The summed E-state index contributed by atoms with van der Waals surface area (Å²) in [6.07, 6.45) is 3.54. The van der Waals surface area contributed by atoms with E-state index in [0.29, 0.717) is 5.96 Å². The molecule has 0 unspecified atom stereocenters. The Morgan fingerprint density at radius 1 is 1.10 bits per heavy atom.